The second kappa shape index (κ2) is 5.36. The van der Waals surface area contributed by atoms with Gasteiger partial charge in [-0.05, 0) is 18.2 Å². The Morgan fingerprint density at radius 1 is 0.900 bits per heavy atom. The molecular weight excluding hydrogens is 260 g/mol. The Morgan fingerprint density at radius 2 is 1.50 bits per heavy atom. The number of hydrogen-bond donors (Lipinski definition) is 4. The molecular formula is C15H12O5. The number of ketones is 1. The molecule has 0 saturated carbocycles. The highest BCUT2D eigenvalue weighted by molar-refractivity contribution is 6.10. The lowest BCUT2D eigenvalue weighted by atomic mass is 10.1. The molecule has 2 aromatic rings. The lowest BCUT2D eigenvalue weighted by Gasteiger charge is -2.04. The van der Waals surface area contributed by atoms with Gasteiger partial charge < -0.3 is 20.4 Å². The highest BCUT2D eigenvalue weighted by Gasteiger charge is 2.15. The normalized spacial score (nSPS) is 10.8. The van der Waals surface area contributed by atoms with Gasteiger partial charge in [0.05, 0.1) is 0 Å². The van der Waals surface area contributed by atoms with Gasteiger partial charge in [0.25, 0.3) is 0 Å². The van der Waals surface area contributed by atoms with Crippen molar-refractivity contribution in [2.75, 3.05) is 0 Å². The summed E-state index contributed by atoms with van der Waals surface area (Å²) in [5, 5.41) is 37.8. The third-order valence-corrected chi connectivity index (χ3v) is 2.68. The highest BCUT2D eigenvalue weighted by Crippen LogP contribution is 2.32. The number of allylic oxidation sites excluding steroid dienone is 1. The molecule has 20 heavy (non-hydrogen) atoms. The molecule has 0 atom stereocenters. The summed E-state index contributed by atoms with van der Waals surface area (Å²) >= 11 is 0. The Kier molecular flexibility index (Phi) is 3.61. The van der Waals surface area contributed by atoms with Crippen LogP contribution in [0.5, 0.6) is 23.0 Å². The van der Waals surface area contributed by atoms with Crippen molar-refractivity contribution in [3.05, 3.63) is 53.6 Å². The molecule has 0 aliphatic carbocycles. The second-order valence-corrected chi connectivity index (χ2v) is 4.12. The smallest absolute Gasteiger partial charge is 0.193 e. The minimum absolute atomic E-state index is 0.00991. The van der Waals surface area contributed by atoms with E-state index in [0.717, 1.165) is 18.2 Å². The highest BCUT2D eigenvalue weighted by atomic mass is 16.3. The Hall–Kier alpha value is -2.95. The maximum Gasteiger partial charge on any atom is 0.193 e. The number of phenols is 4. The van der Waals surface area contributed by atoms with Crippen molar-refractivity contribution >= 4 is 11.9 Å². The topological polar surface area (TPSA) is 98.0 Å². The number of carbonyl (C=O) groups excluding carboxylic acids is 1. The van der Waals surface area contributed by atoms with Gasteiger partial charge in [0.1, 0.15) is 28.6 Å². The zero-order valence-corrected chi connectivity index (χ0v) is 10.3. The molecule has 0 heterocycles. The fraction of sp³-hybridized carbons (Fsp3) is 0. The maximum atomic E-state index is 11.9. The van der Waals surface area contributed by atoms with E-state index >= 15 is 0 Å². The standard InChI is InChI=1S/C15H12O5/c16-10-7-13(19)15(14(20)8-10)12(18)6-5-9-3-1-2-4-11(9)17/h1-8,16-17,19-20H. The van der Waals surface area contributed by atoms with Crippen LogP contribution >= 0.6 is 0 Å². The van der Waals surface area contributed by atoms with E-state index in [0.29, 0.717) is 5.56 Å². The maximum absolute atomic E-state index is 11.9. The quantitative estimate of drug-likeness (QED) is 0.508. The van der Waals surface area contributed by atoms with Crippen molar-refractivity contribution in [3.8, 4) is 23.0 Å². The molecule has 5 heteroatoms. The largest absolute Gasteiger partial charge is 0.508 e. The van der Waals surface area contributed by atoms with Crippen LogP contribution in [0.4, 0.5) is 0 Å². The van der Waals surface area contributed by atoms with Gasteiger partial charge in [0.15, 0.2) is 5.78 Å². The van der Waals surface area contributed by atoms with Crippen molar-refractivity contribution in [2.45, 2.75) is 0 Å². The molecule has 102 valence electrons. The molecule has 4 N–H and O–H groups in total. The number of hydrogen-bond acceptors (Lipinski definition) is 5. The van der Waals surface area contributed by atoms with Crippen LogP contribution in [-0.4, -0.2) is 26.2 Å². The molecule has 5 nitrogen and oxygen atoms in total. The lowest BCUT2D eigenvalue weighted by Crippen LogP contribution is -1.95. The van der Waals surface area contributed by atoms with Crippen molar-refractivity contribution < 1.29 is 25.2 Å². The number of rotatable bonds is 3. The minimum Gasteiger partial charge on any atom is -0.508 e. The Bertz CT molecular complexity index is 665. The molecule has 0 aliphatic rings. The molecule has 0 spiro atoms. The molecule has 0 unspecified atom stereocenters. The fourth-order valence-electron chi connectivity index (χ4n) is 1.73. The molecule has 0 fully saturated rings. The lowest BCUT2D eigenvalue weighted by molar-refractivity contribution is 0.104. The molecule has 0 aliphatic heterocycles. The monoisotopic (exact) mass is 272 g/mol. The van der Waals surface area contributed by atoms with E-state index in [1.165, 1.54) is 12.1 Å². The third-order valence-electron chi connectivity index (χ3n) is 2.68. The van der Waals surface area contributed by atoms with Gasteiger partial charge in [-0.15, -0.1) is 0 Å². The fourth-order valence-corrected chi connectivity index (χ4v) is 1.73. The first kappa shape index (κ1) is 13.5. The van der Waals surface area contributed by atoms with Crippen LogP contribution < -0.4 is 0 Å². The van der Waals surface area contributed by atoms with Gasteiger partial charge in [-0.25, -0.2) is 0 Å². The number of aromatic hydroxyl groups is 4. The summed E-state index contributed by atoms with van der Waals surface area (Å²) in [7, 11) is 0. The Morgan fingerprint density at radius 3 is 2.10 bits per heavy atom. The second-order valence-electron chi connectivity index (χ2n) is 4.12. The van der Waals surface area contributed by atoms with Crippen molar-refractivity contribution in [1.82, 2.24) is 0 Å². The average Bonchev–Trinajstić information content (AvgIpc) is 2.36. The van der Waals surface area contributed by atoms with Gasteiger partial charge in [0.2, 0.25) is 0 Å². The van der Waals surface area contributed by atoms with E-state index in [2.05, 4.69) is 0 Å². The van der Waals surface area contributed by atoms with Crippen LogP contribution in [0, 0.1) is 0 Å². The Balaban J connectivity index is 2.32. The summed E-state index contributed by atoms with van der Waals surface area (Å²) in [6.07, 6.45) is 2.48. The first-order valence-corrected chi connectivity index (χ1v) is 5.74. The average molecular weight is 272 g/mol. The summed E-state index contributed by atoms with van der Waals surface area (Å²) in [6, 6.07) is 8.34. The van der Waals surface area contributed by atoms with Crippen molar-refractivity contribution in [3.63, 3.8) is 0 Å². The zero-order valence-electron chi connectivity index (χ0n) is 10.3. The summed E-state index contributed by atoms with van der Waals surface area (Å²) in [5.74, 6) is -2.02. The molecule has 0 saturated heterocycles. The third kappa shape index (κ3) is 2.72. The number of benzene rings is 2. The first-order chi connectivity index (χ1) is 9.49. The van der Waals surface area contributed by atoms with E-state index in [9.17, 15) is 20.1 Å². The summed E-state index contributed by atoms with van der Waals surface area (Å²) in [5.41, 5.74) is 0.119. The van der Waals surface area contributed by atoms with Gasteiger partial charge in [-0.3, -0.25) is 4.79 Å². The Labute approximate surface area is 114 Å². The van der Waals surface area contributed by atoms with Gasteiger partial charge >= 0.3 is 0 Å². The molecule has 2 rings (SSSR count). The van der Waals surface area contributed by atoms with Crippen LogP contribution in [0.2, 0.25) is 0 Å². The molecule has 0 bridgehead atoms. The van der Waals surface area contributed by atoms with E-state index < -0.39 is 17.3 Å². The zero-order chi connectivity index (χ0) is 14.7. The summed E-state index contributed by atoms with van der Waals surface area (Å²) in [4.78, 5) is 11.9. The van der Waals surface area contributed by atoms with Crippen LogP contribution in [0.3, 0.4) is 0 Å². The molecule has 0 aromatic heterocycles. The SMILES string of the molecule is O=C(C=Cc1ccccc1O)c1c(O)cc(O)cc1O. The van der Waals surface area contributed by atoms with Gasteiger partial charge in [-0.2, -0.15) is 0 Å². The minimum atomic E-state index is -0.650. The van der Waals surface area contributed by atoms with Gasteiger partial charge in [0, 0.05) is 17.7 Å². The predicted molar refractivity (Wildman–Crippen MR) is 72.9 cm³/mol. The molecule has 0 radical (unpaired) electrons. The van der Waals surface area contributed by atoms with Crippen molar-refractivity contribution in [2.24, 2.45) is 0 Å². The number of phenolic OH excluding ortho intramolecular Hbond substituents is 4. The predicted octanol–water partition coefficient (Wildman–Crippen LogP) is 2.41. The summed E-state index contributed by atoms with van der Waals surface area (Å²) < 4.78 is 0. The van der Waals surface area contributed by atoms with Gasteiger partial charge in [-0.1, -0.05) is 18.2 Å². The van der Waals surface area contributed by atoms with E-state index in [4.69, 9.17) is 5.11 Å². The molecule has 2 aromatic carbocycles. The van der Waals surface area contributed by atoms with Crippen LogP contribution in [0.15, 0.2) is 42.5 Å². The number of para-hydroxylation sites is 1. The number of carbonyl (C=O) groups is 1. The van der Waals surface area contributed by atoms with Crippen LogP contribution in [-0.2, 0) is 0 Å². The van der Waals surface area contributed by atoms with Crippen LogP contribution in [0.25, 0.3) is 6.08 Å². The summed E-state index contributed by atoms with van der Waals surface area (Å²) in [6.45, 7) is 0. The van der Waals surface area contributed by atoms with Crippen LogP contribution in [0.1, 0.15) is 15.9 Å². The van der Waals surface area contributed by atoms with E-state index in [-0.39, 0.29) is 17.1 Å². The van der Waals surface area contributed by atoms with Crippen molar-refractivity contribution in [1.29, 1.82) is 0 Å². The van der Waals surface area contributed by atoms with E-state index in [1.807, 2.05) is 0 Å². The molecule has 0 amide bonds. The first-order valence-electron chi connectivity index (χ1n) is 5.74. The van der Waals surface area contributed by atoms with E-state index in [1.54, 1.807) is 18.2 Å².